The van der Waals surface area contributed by atoms with Gasteiger partial charge in [-0.3, -0.25) is 4.57 Å². The maximum Gasteiger partial charge on any atom is 0.362 e. The summed E-state index contributed by atoms with van der Waals surface area (Å²) in [6.45, 7) is 3.95. The van der Waals surface area contributed by atoms with Crippen LogP contribution in [-0.4, -0.2) is 24.2 Å². The summed E-state index contributed by atoms with van der Waals surface area (Å²) < 4.78 is 29.9. The standard InChI is InChI=1S/C19H24ClO5P/c1-3-24-26(22,25-4-2)19(23-14-15-8-6-5-7-9-15)18(21)16-10-12-17(20)13-11-16/h5-13,18-19,21H,3-4,14H2,1-2H3/t18-,19-/m0/s1. The molecule has 7 heteroatoms. The van der Waals surface area contributed by atoms with Gasteiger partial charge < -0.3 is 18.9 Å². The topological polar surface area (TPSA) is 65.0 Å². The molecule has 2 aromatic rings. The van der Waals surface area contributed by atoms with Crippen molar-refractivity contribution in [3.05, 3.63) is 70.7 Å². The molecule has 0 aliphatic rings. The van der Waals surface area contributed by atoms with Crippen molar-refractivity contribution < 1.29 is 23.5 Å². The van der Waals surface area contributed by atoms with Crippen LogP contribution in [0, 0.1) is 0 Å². The third-order valence-corrected chi connectivity index (χ3v) is 6.22. The lowest BCUT2D eigenvalue weighted by atomic mass is 10.1. The first-order valence-corrected chi connectivity index (χ1v) is 10.5. The van der Waals surface area contributed by atoms with Crippen molar-refractivity contribution in [2.45, 2.75) is 32.4 Å². The molecule has 2 atom stereocenters. The molecule has 2 aromatic carbocycles. The van der Waals surface area contributed by atoms with E-state index >= 15 is 0 Å². The maximum atomic E-state index is 13.3. The average Bonchev–Trinajstić information content (AvgIpc) is 2.63. The van der Waals surface area contributed by atoms with Crippen LogP contribution in [-0.2, 0) is 25.0 Å². The minimum absolute atomic E-state index is 0.167. The molecule has 1 N–H and O–H groups in total. The Morgan fingerprint density at radius 2 is 1.58 bits per heavy atom. The molecule has 142 valence electrons. The second-order valence-corrected chi connectivity index (χ2v) is 8.10. The summed E-state index contributed by atoms with van der Waals surface area (Å²) in [7, 11) is -3.71. The van der Waals surface area contributed by atoms with Crippen molar-refractivity contribution in [1.29, 1.82) is 0 Å². The maximum absolute atomic E-state index is 13.3. The summed E-state index contributed by atoms with van der Waals surface area (Å²) in [5, 5.41) is 11.4. The SMILES string of the molecule is CCOP(=O)(OCC)[C@H](OCc1ccccc1)[C@@H](O)c1ccc(Cl)cc1. The highest BCUT2D eigenvalue weighted by molar-refractivity contribution is 7.54. The molecule has 0 heterocycles. The van der Waals surface area contributed by atoms with E-state index in [1.807, 2.05) is 30.3 Å². The van der Waals surface area contributed by atoms with Gasteiger partial charge in [-0.05, 0) is 37.1 Å². The Bertz CT molecular complexity index is 698. The molecule has 0 radical (unpaired) electrons. The number of ether oxygens (including phenoxy) is 1. The van der Waals surface area contributed by atoms with Gasteiger partial charge >= 0.3 is 7.60 Å². The van der Waals surface area contributed by atoms with Crippen molar-refractivity contribution in [3.63, 3.8) is 0 Å². The Hall–Kier alpha value is -1.20. The van der Waals surface area contributed by atoms with Gasteiger partial charge in [-0.2, -0.15) is 0 Å². The molecule has 0 aliphatic carbocycles. The van der Waals surface area contributed by atoms with Crippen molar-refractivity contribution in [1.82, 2.24) is 0 Å². The molecule has 0 spiro atoms. The summed E-state index contributed by atoms with van der Waals surface area (Å²) >= 11 is 5.91. The van der Waals surface area contributed by atoms with E-state index in [0.717, 1.165) is 5.56 Å². The molecule has 0 unspecified atom stereocenters. The number of halogens is 1. The minimum Gasteiger partial charge on any atom is -0.385 e. The van der Waals surface area contributed by atoms with Crippen LogP contribution in [0.4, 0.5) is 0 Å². The molecule has 0 saturated heterocycles. The number of aliphatic hydroxyl groups is 1. The lowest BCUT2D eigenvalue weighted by Crippen LogP contribution is -2.25. The summed E-state index contributed by atoms with van der Waals surface area (Å²) in [6.07, 6.45) is -1.19. The molecule has 0 fully saturated rings. The highest BCUT2D eigenvalue weighted by Gasteiger charge is 2.42. The molecule has 2 rings (SSSR count). The van der Waals surface area contributed by atoms with Crippen LogP contribution in [0.15, 0.2) is 54.6 Å². The Kier molecular flexibility index (Phi) is 8.29. The van der Waals surface area contributed by atoms with E-state index in [2.05, 4.69) is 0 Å². The zero-order chi connectivity index (χ0) is 19.0. The van der Waals surface area contributed by atoms with Crippen LogP contribution >= 0.6 is 19.2 Å². The Morgan fingerprint density at radius 3 is 2.12 bits per heavy atom. The molecule has 5 nitrogen and oxygen atoms in total. The van der Waals surface area contributed by atoms with E-state index in [4.69, 9.17) is 25.4 Å². The fourth-order valence-electron chi connectivity index (χ4n) is 2.48. The number of rotatable bonds is 10. The molecule has 0 bridgehead atoms. The van der Waals surface area contributed by atoms with E-state index in [0.29, 0.717) is 10.6 Å². The largest absolute Gasteiger partial charge is 0.385 e. The summed E-state index contributed by atoms with van der Waals surface area (Å²) in [5.41, 5.74) is 1.41. The lowest BCUT2D eigenvalue weighted by Gasteiger charge is -2.30. The third-order valence-electron chi connectivity index (χ3n) is 3.67. The minimum atomic E-state index is -3.71. The van der Waals surface area contributed by atoms with E-state index in [1.165, 1.54) is 0 Å². The van der Waals surface area contributed by atoms with E-state index in [-0.39, 0.29) is 19.8 Å². The highest BCUT2D eigenvalue weighted by Crippen LogP contribution is 2.57. The van der Waals surface area contributed by atoms with Gasteiger partial charge in [0.2, 0.25) is 0 Å². The monoisotopic (exact) mass is 398 g/mol. The van der Waals surface area contributed by atoms with Crippen LogP contribution in [0.2, 0.25) is 5.02 Å². The van der Waals surface area contributed by atoms with Crippen LogP contribution in [0.1, 0.15) is 31.1 Å². The Morgan fingerprint density at radius 1 is 1.00 bits per heavy atom. The van der Waals surface area contributed by atoms with Gasteiger partial charge in [0.05, 0.1) is 19.8 Å². The number of hydrogen-bond donors (Lipinski definition) is 1. The van der Waals surface area contributed by atoms with Crippen LogP contribution in [0.25, 0.3) is 0 Å². The number of hydrogen-bond acceptors (Lipinski definition) is 5. The lowest BCUT2D eigenvalue weighted by molar-refractivity contribution is -0.0204. The Labute approximate surface area is 159 Å². The molecule has 0 aromatic heterocycles. The molecule has 0 amide bonds. The van der Waals surface area contributed by atoms with Crippen LogP contribution in [0.5, 0.6) is 0 Å². The quantitative estimate of drug-likeness (QED) is 0.558. The van der Waals surface area contributed by atoms with Crippen LogP contribution in [0.3, 0.4) is 0 Å². The molecule has 26 heavy (non-hydrogen) atoms. The van der Waals surface area contributed by atoms with Crippen molar-refractivity contribution in [3.8, 4) is 0 Å². The predicted molar refractivity (Wildman–Crippen MR) is 102 cm³/mol. The van der Waals surface area contributed by atoms with E-state index in [1.54, 1.807) is 38.1 Å². The first-order valence-electron chi connectivity index (χ1n) is 8.48. The fraction of sp³-hybridized carbons (Fsp3) is 0.368. The van der Waals surface area contributed by atoms with Gasteiger partial charge in [0.1, 0.15) is 6.10 Å². The number of benzene rings is 2. The van der Waals surface area contributed by atoms with Gasteiger partial charge in [0, 0.05) is 5.02 Å². The number of aliphatic hydroxyl groups excluding tert-OH is 1. The second-order valence-electron chi connectivity index (χ2n) is 5.56. The van der Waals surface area contributed by atoms with E-state index in [9.17, 15) is 9.67 Å². The van der Waals surface area contributed by atoms with Gasteiger partial charge in [-0.1, -0.05) is 54.1 Å². The predicted octanol–water partition coefficient (Wildman–Crippen LogP) is 5.18. The average molecular weight is 399 g/mol. The molecular weight excluding hydrogens is 375 g/mol. The van der Waals surface area contributed by atoms with Gasteiger partial charge in [0.15, 0.2) is 5.85 Å². The van der Waals surface area contributed by atoms with Gasteiger partial charge in [0.25, 0.3) is 0 Å². The van der Waals surface area contributed by atoms with Crippen molar-refractivity contribution in [2.24, 2.45) is 0 Å². The van der Waals surface area contributed by atoms with E-state index < -0.39 is 19.5 Å². The molecule has 0 aliphatic heterocycles. The van der Waals surface area contributed by atoms with Crippen molar-refractivity contribution in [2.75, 3.05) is 13.2 Å². The zero-order valence-electron chi connectivity index (χ0n) is 14.9. The van der Waals surface area contributed by atoms with Crippen LogP contribution < -0.4 is 0 Å². The van der Waals surface area contributed by atoms with Gasteiger partial charge in [-0.25, -0.2) is 0 Å². The summed E-state index contributed by atoms with van der Waals surface area (Å²) in [4.78, 5) is 0. The zero-order valence-corrected chi connectivity index (χ0v) is 16.5. The van der Waals surface area contributed by atoms with Crippen molar-refractivity contribution >= 4 is 19.2 Å². The normalized spacial score (nSPS) is 14.2. The molecular formula is C19H24ClO5P. The third kappa shape index (κ3) is 5.65. The first kappa shape index (κ1) is 21.1. The Balaban J connectivity index is 2.29. The fourth-order valence-corrected chi connectivity index (χ4v) is 4.47. The van der Waals surface area contributed by atoms with Gasteiger partial charge in [-0.15, -0.1) is 0 Å². The summed E-state index contributed by atoms with van der Waals surface area (Å²) in [6, 6.07) is 16.1. The summed E-state index contributed by atoms with van der Waals surface area (Å²) in [5.74, 6) is -1.16. The second kappa shape index (κ2) is 10.2. The highest BCUT2D eigenvalue weighted by atomic mass is 35.5. The smallest absolute Gasteiger partial charge is 0.362 e. The first-order chi connectivity index (χ1) is 12.5. The molecule has 0 saturated carbocycles.